The Morgan fingerprint density at radius 2 is 2.20 bits per heavy atom. The van der Waals surface area contributed by atoms with Crippen LogP contribution in [0.4, 0.5) is 0 Å². The zero-order valence-electron chi connectivity index (χ0n) is 9.25. The standard InChI is InChI=1S/C13H16O2/c1-3-9-8-11(10-4-5-10)6-7-12(9)13(14)15-2/h6-8,10H,3-5H2,1-2H3. The van der Waals surface area contributed by atoms with Crippen LogP contribution in [0.1, 0.15) is 47.2 Å². The fourth-order valence-corrected chi connectivity index (χ4v) is 1.89. The van der Waals surface area contributed by atoms with Crippen molar-refractivity contribution >= 4 is 5.97 Å². The summed E-state index contributed by atoms with van der Waals surface area (Å²) in [6.07, 6.45) is 3.46. The number of rotatable bonds is 3. The number of hydrogen-bond donors (Lipinski definition) is 0. The second-order valence-corrected chi connectivity index (χ2v) is 4.04. The van der Waals surface area contributed by atoms with Crippen LogP contribution >= 0.6 is 0 Å². The first-order chi connectivity index (χ1) is 7.26. The summed E-state index contributed by atoms with van der Waals surface area (Å²) >= 11 is 0. The Balaban J connectivity index is 2.34. The first-order valence-corrected chi connectivity index (χ1v) is 5.47. The van der Waals surface area contributed by atoms with E-state index in [4.69, 9.17) is 4.74 Å². The largest absolute Gasteiger partial charge is 0.465 e. The lowest BCUT2D eigenvalue weighted by molar-refractivity contribution is 0.0599. The van der Waals surface area contributed by atoms with Gasteiger partial charge in [0.05, 0.1) is 12.7 Å². The van der Waals surface area contributed by atoms with Gasteiger partial charge in [-0.2, -0.15) is 0 Å². The van der Waals surface area contributed by atoms with Crippen LogP contribution in [0.3, 0.4) is 0 Å². The zero-order chi connectivity index (χ0) is 10.8. The zero-order valence-corrected chi connectivity index (χ0v) is 9.25. The third-order valence-corrected chi connectivity index (χ3v) is 2.96. The molecule has 80 valence electrons. The highest BCUT2D eigenvalue weighted by molar-refractivity contribution is 5.91. The van der Waals surface area contributed by atoms with Crippen LogP contribution in [0, 0.1) is 0 Å². The molecule has 1 aromatic rings. The average molecular weight is 204 g/mol. The number of esters is 1. The molecule has 0 atom stereocenters. The molecule has 0 spiro atoms. The van der Waals surface area contributed by atoms with Gasteiger partial charge in [-0.05, 0) is 42.4 Å². The molecule has 1 aliphatic carbocycles. The van der Waals surface area contributed by atoms with Crippen molar-refractivity contribution < 1.29 is 9.53 Å². The van der Waals surface area contributed by atoms with Gasteiger partial charge in [-0.25, -0.2) is 4.79 Å². The molecule has 0 heterocycles. The maximum absolute atomic E-state index is 11.5. The molecule has 2 rings (SSSR count). The van der Waals surface area contributed by atoms with E-state index in [0.29, 0.717) is 5.56 Å². The lowest BCUT2D eigenvalue weighted by Gasteiger charge is -2.08. The normalized spacial score (nSPS) is 15.1. The number of aryl methyl sites for hydroxylation is 1. The van der Waals surface area contributed by atoms with Gasteiger partial charge in [0.1, 0.15) is 0 Å². The van der Waals surface area contributed by atoms with Gasteiger partial charge in [-0.1, -0.05) is 19.1 Å². The van der Waals surface area contributed by atoms with Gasteiger partial charge in [-0.15, -0.1) is 0 Å². The molecule has 0 bridgehead atoms. The first kappa shape index (κ1) is 10.2. The van der Waals surface area contributed by atoms with Crippen LogP contribution in [-0.2, 0) is 11.2 Å². The molecule has 0 amide bonds. The summed E-state index contributed by atoms with van der Waals surface area (Å²) in [5, 5.41) is 0. The Hall–Kier alpha value is -1.31. The highest BCUT2D eigenvalue weighted by Crippen LogP contribution is 2.40. The van der Waals surface area contributed by atoms with Gasteiger partial charge in [0.2, 0.25) is 0 Å². The summed E-state index contributed by atoms with van der Waals surface area (Å²) in [4.78, 5) is 11.5. The van der Waals surface area contributed by atoms with Crippen molar-refractivity contribution in [2.24, 2.45) is 0 Å². The minimum absolute atomic E-state index is 0.228. The Morgan fingerprint density at radius 1 is 1.47 bits per heavy atom. The monoisotopic (exact) mass is 204 g/mol. The topological polar surface area (TPSA) is 26.3 Å². The SMILES string of the molecule is CCc1cc(C2CC2)ccc1C(=O)OC. The molecule has 0 N–H and O–H groups in total. The van der Waals surface area contributed by atoms with Gasteiger partial charge in [0.25, 0.3) is 0 Å². The summed E-state index contributed by atoms with van der Waals surface area (Å²) < 4.78 is 4.76. The molecule has 0 saturated heterocycles. The van der Waals surface area contributed by atoms with E-state index in [1.807, 2.05) is 6.07 Å². The number of ether oxygens (including phenoxy) is 1. The molecule has 1 aromatic carbocycles. The van der Waals surface area contributed by atoms with Crippen LogP contribution in [0.15, 0.2) is 18.2 Å². The maximum atomic E-state index is 11.5. The fourth-order valence-electron chi connectivity index (χ4n) is 1.89. The minimum atomic E-state index is -0.228. The molecule has 0 unspecified atom stereocenters. The predicted octanol–water partition coefficient (Wildman–Crippen LogP) is 2.91. The van der Waals surface area contributed by atoms with E-state index in [1.165, 1.54) is 25.5 Å². The quantitative estimate of drug-likeness (QED) is 0.708. The second kappa shape index (κ2) is 4.05. The molecule has 2 nitrogen and oxygen atoms in total. The van der Waals surface area contributed by atoms with Crippen LogP contribution < -0.4 is 0 Å². The van der Waals surface area contributed by atoms with Crippen LogP contribution in [-0.4, -0.2) is 13.1 Å². The lowest BCUT2D eigenvalue weighted by Crippen LogP contribution is -2.05. The van der Waals surface area contributed by atoms with E-state index in [1.54, 1.807) is 0 Å². The van der Waals surface area contributed by atoms with Crippen LogP contribution in [0.2, 0.25) is 0 Å². The maximum Gasteiger partial charge on any atom is 0.338 e. The van der Waals surface area contributed by atoms with Gasteiger partial charge in [0, 0.05) is 0 Å². The number of methoxy groups -OCH3 is 1. The van der Waals surface area contributed by atoms with Gasteiger partial charge >= 0.3 is 5.97 Å². The van der Waals surface area contributed by atoms with E-state index in [0.717, 1.165) is 17.9 Å². The van der Waals surface area contributed by atoms with Crippen molar-refractivity contribution in [1.29, 1.82) is 0 Å². The Labute approximate surface area is 90.3 Å². The van der Waals surface area contributed by atoms with Gasteiger partial charge in [0.15, 0.2) is 0 Å². The highest BCUT2D eigenvalue weighted by atomic mass is 16.5. The van der Waals surface area contributed by atoms with E-state index < -0.39 is 0 Å². The van der Waals surface area contributed by atoms with E-state index in [-0.39, 0.29) is 5.97 Å². The van der Waals surface area contributed by atoms with Crippen molar-refractivity contribution in [2.45, 2.75) is 32.1 Å². The molecule has 2 heteroatoms. The van der Waals surface area contributed by atoms with Crippen LogP contribution in [0.25, 0.3) is 0 Å². The Kier molecular flexibility index (Phi) is 2.76. The molecular weight excluding hydrogens is 188 g/mol. The molecule has 1 fully saturated rings. The third kappa shape index (κ3) is 2.04. The molecule has 0 aromatic heterocycles. The van der Waals surface area contributed by atoms with Crippen molar-refractivity contribution in [3.8, 4) is 0 Å². The molecule has 0 radical (unpaired) electrons. The van der Waals surface area contributed by atoms with Gasteiger partial charge < -0.3 is 4.74 Å². The molecular formula is C13H16O2. The first-order valence-electron chi connectivity index (χ1n) is 5.47. The van der Waals surface area contributed by atoms with E-state index >= 15 is 0 Å². The Morgan fingerprint density at radius 3 is 2.73 bits per heavy atom. The lowest BCUT2D eigenvalue weighted by atomic mass is 10.00. The second-order valence-electron chi connectivity index (χ2n) is 4.04. The fraction of sp³-hybridized carbons (Fsp3) is 0.462. The van der Waals surface area contributed by atoms with Crippen molar-refractivity contribution in [2.75, 3.05) is 7.11 Å². The number of carbonyl (C=O) groups excluding carboxylic acids is 1. The summed E-state index contributed by atoms with van der Waals surface area (Å²) in [5.41, 5.74) is 3.19. The van der Waals surface area contributed by atoms with Crippen molar-refractivity contribution in [3.63, 3.8) is 0 Å². The van der Waals surface area contributed by atoms with Gasteiger partial charge in [-0.3, -0.25) is 0 Å². The summed E-state index contributed by atoms with van der Waals surface area (Å²) in [6, 6.07) is 6.12. The van der Waals surface area contributed by atoms with E-state index in [9.17, 15) is 4.79 Å². The molecule has 1 saturated carbocycles. The molecule has 0 aliphatic heterocycles. The van der Waals surface area contributed by atoms with Crippen molar-refractivity contribution in [1.82, 2.24) is 0 Å². The average Bonchev–Trinajstić information content (AvgIpc) is 3.11. The summed E-state index contributed by atoms with van der Waals surface area (Å²) in [6.45, 7) is 2.07. The van der Waals surface area contributed by atoms with Crippen molar-refractivity contribution in [3.05, 3.63) is 34.9 Å². The minimum Gasteiger partial charge on any atom is -0.465 e. The van der Waals surface area contributed by atoms with Crippen LogP contribution in [0.5, 0.6) is 0 Å². The van der Waals surface area contributed by atoms with E-state index in [2.05, 4.69) is 19.1 Å². The smallest absolute Gasteiger partial charge is 0.338 e. The highest BCUT2D eigenvalue weighted by Gasteiger charge is 2.24. The number of hydrogen-bond acceptors (Lipinski definition) is 2. The molecule has 15 heavy (non-hydrogen) atoms. The number of benzene rings is 1. The summed E-state index contributed by atoms with van der Waals surface area (Å²) in [5.74, 6) is 0.510. The Bertz CT molecular complexity index is 378. The summed E-state index contributed by atoms with van der Waals surface area (Å²) in [7, 11) is 1.43. The molecule has 1 aliphatic rings. The third-order valence-electron chi connectivity index (χ3n) is 2.96. The predicted molar refractivity (Wildman–Crippen MR) is 59.1 cm³/mol. The number of carbonyl (C=O) groups is 1.